The maximum absolute atomic E-state index is 13.7. The Morgan fingerprint density at radius 1 is 1.15 bits per heavy atom. The van der Waals surface area contributed by atoms with Gasteiger partial charge in [-0.15, -0.1) is 0 Å². The number of carbonyl (C=O) groups excluding carboxylic acids is 1. The highest BCUT2D eigenvalue weighted by molar-refractivity contribution is 7.07. The number of allylic oxidation sites excluding steroid dienone is 1. The van der Waals surface area contributed by atoms with E-state index in [1.807, 2.05) is 36.4 Å². The number of fused-ring (bicyclic) bond motifs is 1. The largest absolute Gasteiger partial charge is 0.496 e. The fourth-order valence-corrected chi connectivity index (χ4v) is 5.03. The molecule has 1 aromatic heterocycles. The highest BCUT2D eigenvalue weighted by Crippen LogP contribution is 2.35. The van der Waals surface area contributed by atoms with Crippen LogP contribution in [0, 0.1) is 0 Å². The van der Waals surface area contributed by atoms with Crippen molar-refractivity contribution in [1.82, 2.24) is 4.57 Å². The SMILES string of the molecule is COCCOC(=O)C1=C(C)N=c2s/c(=C\c3ccccc3Cl)c(=O)n2[C@H]1c1ccccc1OC. The minimum Gasteiger partial charge on any atom is -0.496 e. The molecule has 1 atom stereocenters. The van der Waals surface area contributed by atoms with Crippen molar-refractivity contribution in [1.29, 1.82) is 0 Å². The predicted octanol–water partition coefficient (Wildman–Crippen LogP) is 3.09. The molecule has 0 bridgehead atoms. The normalized spacial score (nSPS) is 15.6. The lowest BCUT2D eigenvalue weighted by molar-refractivity contribution is -0.140. The maximum atomic E-state index is 13.7. The Labute approximate surface area is 205 Å². The van der Waals surface area contributed by atoms with Crippen LogP contribution in [0.25, 0.3) is 6.08 Å². The van der Waals surface area contributed by atoms with Crippen molar-refractivity contribution in [2.75, 3.05) is 27.4 Å². The number of halogens is 1. The van der Waals surface area contributed by atoms with Gasteiger partial charge < -0.3 is 14.2 Å². The van der Waals surface area contributed by atoms with E-state index >= 15 is 0 Å². The maximum Gasteiger partial charge on any atom is 0.338 e. The lowest BCUT2D eigenvalue weighted by atomic mass is 9.95. The number of nitrogens with zero attached hydrogens (tertiary/aromatic N) is 2. The molecule has 0 amide bonds. The summed E-state index contributed by atoms with van der Waals surface area (Å²) in [4.78, 5) is 31.9. The smallest absolute Gasteiger partial charge is 0.338 e. The van der Waals surface area contributed by atoms with Crippen LogP contribution in [0.15, 0.2) is 69.6 Å². The van der Waals surface area contributed by atoms with E-state index in [9.17, 15) is 9.59 Å². The van der Waals surface area contributed by atoms with Gasteiger partial charge in [0.2, 0.25) is 0 Å². The summed E-state index contributed by atoms with van der Waals surface area (Å²) in [6.07, 6.45) is 1.74. The second kappa shape index (κ2) is 10.4. The highest BCUT2D eigenvalue weighted by atomic mass is 35.5. The zero-order valence-electron chi connectivity index (χ0n) is 18.9. The van der Waals surface area contributed by atoms with Gasteiger partial charge in [0, 0.05) is 17.7 Å². The fraction of sp³-hybridized carbons (Fsp3) is 0.240. The summed E-state index contributed by atoms with van der Waals surface area (Å²) >= 11 is 7.55. The number of rotatable bonds is 7. The molecule has 0 unspecified atom stereocenters. The fourth-order valence-electron chi connectivity index (χ4n) is 3.80. The van der Waals surface area contributed by atoms with E-state index in [2.05, 4.69) is 4.99 Å². The molecule has 0 saturated carbocycles. The van der Waals surface area contributed by atoms with Crippen molar-refractivity contribution < 1.29 is 19.0 Å². The van der Waals surface area contributed by atoms with Crippen molar-refractivity contribution in [3.63, 3.8) is 0 Å². The summed E-state index contributed by atoms with van der Waals surface area (Å²) in [5, 5.41) is 0.535. The number of hydrogen-bond donors (Lipinski definition) is 0. The number of hydrogen-bond acceptors (Lipinski definition) is 7. The van der Waals surface area contributed by atoms with Gasteiger partial charge in [-0.1, -0.05) is 59.3 Å². The number of ether oxygens (including phenoxy) is 3. The van der Waals surface area contributed by atoms with Gasteiger partial charge in [-0.25, -0.2) is 9.79 Å². The van der Waals surface area contributed by atoms with Crippen LogP contribution in [0.2, 0.25) is 5.02 Å². The summed E-state index contributed by atoms with van der Waals surface area (Å²) in [6, 6.07) is 13.8. The first-order chi connectivity index (χ1) is 16.5. The average Bonchev–Trinajstić information content (AvgIpc) is 3.14. The molecule has 0 saturated heterocycles. The lowest BCUT2D eigenvalue weighted by Gasteiger charge is -2.26. The van der Waals surface area contributed by atoms with E-state index in [4.69, 9.17) is 25.8 Å². The Morgan fingerprint density at radius 3 is 2.62 bits per heavy atom. The Bertz CT molecular complexity index is 1440. The molecule has 34 heavy (non-hydrogen) atoms. The monoisotopic (exact) mass is 498 g/mol. The van der Waals surface area contributed by atoms with Crippen molar-refractivity contribution in [3.8, 4) is 5.75 Å². The molecule has 176 valence electrons. The van der Waals surface area contributed by atoms with Crippen LogP contribution < -0.4 is 19.6 Å². The Morgan fingerprint density at radius 2 is 1.88 bits per heavy atom. The molecular weight excluding hydrogens is 476 g/mol. The molecule has 9 heteroatoms. The zero-order valence-corrected chi connectivity index (χ0v) is 20.5. The summed E-state index contributed by atoms with van der Waals surface area (Å²) in [5.41, 5.74) is 1.84. The summed E-state index contributed by atoms with van der Waals surface area (Å²) in [5.74, 6) is -0.0142. The predicted molar refractivity (Wildman–Crippen MR) is 131 cm³/mol. The zero-order chi connectivity index (χ0) is 24.2. The molecule has 0 spiro atoms. The van der Waals surface area contributed by atoms with Gasteiger partial charge >= 0.3 is 5.97 Å². The topological polar surface area (TPSA) is 79.1 Å². The van der Waals surface area contributed by atoms with Gasteiger partial charge in [-0.2, -0.15) is 0 Å². The molecule has 4 rings (SSSR count). The number of thiazole rings is 1. The van der Waals surface area contributed by atoms with Gasteiger partial charge in [0.15, 0.2) is 4.80 Å². The summed E-state index contributed by atoms with van der Waals surface area (Å²) in [6.45, 7) is 2.08. The van der Waals surface area contributed by atoms with E-state index in [0.29, 0.717) is 31.4 Å². The van der Waals surface area contributed by atoms with E-state index in [1.54, 1.807) is 32.2 Å². The minimum absolute atomic E-state index is 0.0850. The molecule has 2 heterocycles. The molecule has 7 nitrogen and oxygen atoms in total. The quantitative estimate of drug-likeness (QED) is 0.369. The molecule has 2 aromatic carbocycles. The highest BCUT2D eigenvalue weighted by Gasteiger charge is 2.35. The molecule has 1 aliphatic rings. The lowest BCUT2D eigenvalue weighted by Crippen LogP contribution is -2.40. The van der Waals surface area contributed by atoms with Crippen LogP contribution in [-0.4, -0.2) is 38.0 Å². The van der Waals surface area contributed by atoms with E-state index in [-0.39, 0.29) is 24.3 Å². The summed E-state index contributed by atoms with van der Waals surface area (Å²) in [7, 11) is 3.08. The van der Waals surface area contributed by atoms with Gasteiger partial charge in [0.25, 0.3) is 5.56 Å². The standard InChI is InChI=1S/C25H23ClN2O5S/c1-15-21(24(30)33-13-12-31-2)22(17-9-5-7-11-19(17)32-3)28-23(29)20(34-25(28)27-15)14-16-8-4-6-10-18(16)26/h4-11,14,22H,12-13H2,1-3H3/b20-14-/t22-/m0/s1. The molecular formula is C25H23ClN2O5S. The van der Waals surface area contributed by atoms with Crippen LogP contribution in [0.1, 0.15) is 24.1 Å². The first kappa shape index (κ1) is 23.9. The summed E-state index contributed by atoms with van der Waals surface area (Å²) < 4.78 is 18.0. The molecule has 0 radical (unpaired) electrons. The third kappa shape index (κ3) is 4.57. The average molecular weight is 499 g/mol. The first-order valence-corrected chi connectivity index (χ1v) is 11.7. The van der Waals surface area contributed by atoms with Gasteiger partial charge in [0.05, 0.1) is 29.5 Å². The molecule has 0 aliphatic carbocycles. The van der Waals surface area contributed by atoms with Crippen LogP contribution in [0.3, 0.4) is 0 Å². The third-order valence-corrected chi connectivity index (χ3v) is 6.71. The third-order valence-electron chi connectivity index (χ3n) is 5.39. The second-order valence-corrected chi connectivity index (χ2v) is 8.89. The van der Waals surface area contributed by atoms with Crippen molar-refractivity contribution in [2.24, 2.45) is 4.99 Å². The van der Waals surface area contributed by atoms with Crippen LogP contribution in [0.4, 0.5) is 0 Å². The van der Waals surface area contributed by atoms with E-state index in [1.165, 1.54) is 23.0 Å². The number of methoxy groups -OCH3 is 2. The number of para-hydroxylation sites is 1. The van der Waals surface area contributed by atoms with Crippen molar-refractivity contribution in [3.05, 3.63) is 95.6 Å². The minimum atomic E-state index is -0.768. The number of benzene rings is 2. The number of aromatic nitrogens is 1. The van der Waals surface area contributed by atoms with E-state index in [0.717, 1.165) is 5.56 Å². The molecule has 0 N–H and O–H groups in total. The van der Waals surface area contributed by atoms with E-state index < -0.39 is 12.0 Å². The van der Waals surface area contributed by atoms with Crippen LogP contribution in [0.5, 0.6) is 5.75 Å². The number of carbonyl (C=O) groups is 1. The van der Waals surface area contributed by atoms with Crippen molar-refractivity contribution in [2.45, 2.75) is 13.0 Å². The van der Waals surface area contributed by atoms with Gasteiger partial charge in [-0.05, 0) is 30.7 Å². The first-order valence-electron chi connectivity index (χ1n) is 10.5. The number of esters is 1. The Kier molecular flexibility index (Phi) is 7.31. The van der Waals surface area contributed by atoms with Crippen molar-refractivity contribution >= 4 is 35.0 Å². The van der Waals surface area contributed by atoms with Gasteiger partial charge in [0.1, 0.15) is 18.4 Å². The van der Waals surface area contributed by atoms with Gasteiger partial charge in [-0.3, -0.25) is 9.36 Å². The van der Waals surface area contributed by atoms with Crippen LogP contribution >= 0.6 is 22.9 Å². The molecule has 1 aliphatic heterocycles. The molecule has 3 aromatic rings. The molecule has 0 fully saturated rings. The Balaban J connectivity index is 1.94. The van der Waals surface area contributed by atoms with Crippen LogP contribution in [-0.2, 0) is 14.3 Å². The second-order valence-electron chi connectivity index (χ2n) is 7.47. The Hall–Kier alpha value is -3.20.